The summed E-state index contributed by atoms with van der Waals surface area (Å²) < 4.78 is 16.3. The minimum Gasteiger partial charge on any atom is -0.493 e. The van der Waals surface area contributed by atoms with Crippen LogP contribution in [0.4, 0.5) is 0 Å². The Labute approximate surface area is 178 Å². The van der Waals surface area contributed by atoms with E-state index in [1.54, 1.807) is 36.4 Å². The minimum atomic E-state index is -0.566. The van der Waals surface area contributed by atoms with Crippen LogP contribution in [0, 0.1) is 0 Å². The summed E-state index contributed by atoms with van der Waals surface area (Å²) in [6.07, 6.45) is 1.32. The van der Waals surface area contributed by atoms with Crippen LogP contribution < -0.4 is 20.8 Å². The van der Waals surface area contributed by atoms with Gasteiger partial charge in [-0.15, -0.1) is 0 Å². The fourth-order valence-electron chi connectivity index (χ4n) is 3.80. The summed E-state index contributed by atoms with van der Waals surface area (Å²) in [6.45, 7) is 0.304. The SMILES string of the molecule is COc1cccc2cc(-c3ccc(OCC(=O)N4CCC[C@H]4C(N)=O)cc3)c(=O)oc12. The number of likely N-dealkylation sites (tertiary alicyclic amines) is 1. The van der Waals surface area contributed by atoms with Crippen LogP contribution in [0.25, 0.3) is 22.1 Å². The van der Waals surface area contributed by atoms with E-state index in [1.807, 2.05) is 12.1 Å². The van der Waals surface area contributed by atoms with Gasteiger partial charge in [0.15, 0.2) is 17.9 Å². The zero-order valence-electron chi connectivity index (χ0n) is 17.0. The van der Waals surface area contributed by atoms with E-state index in [0.717, 1.165) is 11.8 Å². The summed E-state index contributed by atoms with van der Waals surface area (Å²) in [5.41, 5.74) is 6.34. The van der Waals surface area contributed by atoms with Crippen molar-refractivity contribution in [1.82, 2.24) is 4.90 Å². The average Bonchev–Trinajstić information content (AvgIpc) is 3.27. The summed E-state index contributed by atoms with van der Waals surface area (Å²) in [5, 5.41) is 0.745. The van der Waals surface area contributed by atoms with Crippen molar-refractivity contribution in [3.63, 3.8) is 0 Å². The molecule has 1 atom stereocenters. The molecule has 0 radical (unpaired) electrons. The third-order valence-corrected chi connectivity index (χ3v) is 5.37. The van der Waals surface area contributed by atoms with Gasteiger partial charge in [0.1, 0.15) is 11.8 Å². The van der Waals surface area contributed by atoms with Gasteiger partial charge in [-0.05, 0) is 42.7 Å². The second kappa shape index (κ2) is 8.51. The van der Waals surface area contributed by atoms with Crippen molar-refractivity contribution in [3.05, 3.63) is 59.0 Å². The van der Waals surface area contributed by atoms with Crippen molar-refractivity contribution in [3.8, 4) is 22.6 Å². The highest BCUT2D eigenvalue weighted by Gasteiger charge is 2.32. The number of fused-ring (bicyclic) bond motifs is 1. The first-order valence-electron chi connectivity index (χ1n) is 9.91. The Morgan fingerprint density at radius 3 is 2.68 bits per heavy atom. The first-order chi connectivity index (χ1) is 15.0. The van der Waals surface area contributed by atoms with Crippen LogP contribution in [0.5, 0.6) is 11.5 Å². The number of nitrogens with zero attached hydrogens (tertiary/aromatic N) is 1. The number of primary amides is 1. The van der Waals surface area contributed by atoms with Gasteiger partial charge in [0, 0.05) is 11.9 Å². The first-order valence-corrected chi connectivity index (χ1v) is 9.91. The van der Waals surface area contributed by atoms with Crippen molar-refractivity contribution in [2.75, 3.05) is 20.3 Å². The maximum atomic E-state index is 12.5. The number of benzene rings is 2. The molecule has 1 saturated heterocycles. The number of hydrogen-bond acceptors (Lipinski definition) is 6. The number of ether oxygens (including phenoxy) is 2. The van der Waals surface area contributed by atoms with Gasteiger partial charge in [-0.3, -0.25) is 9.59 Å². The number of nitrogens with two attached hydrogens (primary N) is 1. The third kappa shape index (κ3) is 4.09. The Balaban J connectivity index is 1.48. The molecule has 0 saturated carbocycles. The topological polar surface area (TPSA) is 112 Å². The number of carbonyl (C=O) groups excluding carboxylic acids is 2. The molecule has 2 amide bonds. The molecule has 1 aromatic heterocycles. The maximum Gasteiger partial charge on any atom is 0.344 e. The van der Waals surface area contributed by atoms with E-state index in [0.29, 0.717) is 41.2 Å². The Kier molecular flexibility index (Phi) is 5.62. The van der Waals surface area contributed by atoms with Gasteiger partial charge in [0.2, 0.25) is 5.91 Å². The fraction of sp³-hybridized carbons (Fsp3) is 0.261. The number of carbonyl (C=O) groups is 2. The standard InChI is InChI=1S/C23H22N2O6/c1-29-19-6-2-4-15-12-17(23(28)31-21(15)19)14-7-9-16(10-8-14)30-13-20(26)25-11-3-5-18(25)22(24)27/h2,4,6-10,12,18H,3,5,11,13H2,1H3,(H2,24,27)/t18-/m0/s1. The van der Waals surface area contributed by atoms with Crippen LogP contribution in [0.1, 0.15) is 12.8 Å². The zero-order chi connectivity index (χ0) is 22.0. The number of para-hydroxylation sites is 1. The van der Waals surface area contributed by atoms with Gasteiger partial charge < -0.3 is 24.5 Å². The molecule has 1 aliphatic heterocycles. The summed E-state index contributed by atoms with van der Waals surface area (Å²) in [7, 11) is 1.52. The van der Waals surface area contributed by atoms with Crippen molar-refractivity contribution in [2.45, 2.75) is 18.9 Å². The number of rotatable bonds is 6. The maximum absolute atomic E-state index is 12.5. The lowest BCUT2D eigenvalue weighted by molar-refractivity contribution is -0.138. The van der Waals surface area contributed by atoms with Crippen molar-refractivity contribution < 1.29 is 23.5 Å². The van der Waals surface area contributed by atoms with Crippen LogP contribution >= 0.6 is 0 Å². The molecule has 3 aromatic rings. The van der Waals surface area contributed by atoms with Crippen LogP contribution in [0.2, 0.25) is 0 Å². The molecule has 4 rings (SSSR count). The molecule has 8 nitrogen and oxygen atoms in total. The van der Waals surface area contributed by atoms with E-state index < -0.39 is 17.6 Å². The molecular formula is C23H22N2O6. The predicted octanol–water partition coefficient (Wildman–Crippen LogP) is 2.32. The summed E-state index contributed by atoms with van der Waals surface area (Å²) in [4.78, 5) is 37.8. The predicted molar refractivity (Wildman–Crippen MR) is 114 cm³/mol. The van der Waals surface area contributed by atoms with Gasteiger partial charge in [0.05, 0.1) is 12.7 Å². The molecule has 1 fully saturated rings. The summed E-state index contributed by atoms with van der Waals surface area (Å²) in [6, 6.07) is 13.4. The molecule has 8 heteroatoms. The number of amides is 2. The van der Waals surface area contributed by atoms with Crippen LogP contribution in [-0.2, 0) is 9.59 Å². The molecule has 0 bridgehead atoms. The highest BCUT2D eigenvalue weighted by Crippen LogP contribution is 2.28. The van der Waals surface area contributed by atoms with E-state index in [-0.39, 0.29) is 12.5 Å². The van der Waals surface area contributed by atoms with E-state index in [1.165, 1.54) is 12.0 Å². The number of hydrogen-bond donors (Lipinski definition) is 1. The Hall–Kier alpha value is -3.81. The molecule has 1 aliphatic rings. The largest absolute Gasteiger partial charge is 0.493 e. The third-order valence-electron chi connectivity index (χ3n) is 5.37. The summed E-state index contributed by atoms with van der Waals surface area (Å²) in [5.74, 6) is 0.182. The van der Waals surface area contributed by atoms with Crippen LogP contribution in [0.3, 0.4) is 0 Å². The Bertz CT molecular complexity index is 1180. The zero-order valence-corrected chi connectivity index (χ0v) is 17.0. The van der Waals surface area contributed by atoms with E-state index >= 15 is 0 Å². The van der Waals surface area contributed by atoms with E-state index in [4.69, 9.17) is 19.6 Å². The van der Waals surface area contributed by atoms with Crippen molar-refractivity contribution in [1.29, 1.82) is 0 Å². The second-order valence-corrected chi connectivity index (χ2v) is 7.29. The normalized spacial score (nSPS) is 15.8. The van der Waals surface area contributed by atoms with Crippen LogP contribution in [-0.4, -0.2) is 43.0 Å². The van der Waals surface area contributed by atoms with Gasteiger partial charge in [-0.25, -0.2) is 4.79 Å². The molecule has 0 unspecified atom stereocenters. The highest BCUT2D eigenvalue weighted by atomic mass is 16.5. The van der Waals surface area contributed by atoms with Crippen molar-refractivity contribution >= 4 is 22.8 Å². The fourth-order valence-corrected chi connectivity index (χ4v) is 3.80. The van der Waals surface area contributed by atoms with E-state index in [9.17, 15) is 14.4 Å². The quantitative estimate of drug-likeness (QED) is 0.610. The average molecular weight is 422 g/mol. The van der Waals surface area contributed by atoms with Crippen LogP contribution in [0.15, 0.2) is 57.7 Å². The lowest BCUT2D eigenvalue weighted by atomic mass is 10.1. The lowest BCUT2D eigenvalue weighted by Crippen LogP contribution is -2.45. The minimum absolute atomic E-state index is 0.193. The molecule has 2 heterocycles. The molecule has 2 aromatic carbocycles. The monoisotopic (exact) mass is 422 g/mol. The molecule has 160 valence electrons. The summed E-state index contributed by atoms with van der Waals surface area (Å²) >= 11 is 0. The van der Waals surface area contributed by atoms with Gasteiger partial charge in [0.25, 0.3) is 5.91 Å². The molecular weight excluding hydrogens is 400 g/mol. The number of methoxy groups -OCH3 is 1. The molecule has 31 heavy (non-hydrogen) atoms. The Morgan fingerprint density at radius 2 is 1.97 bits per heavy atom. The lowest BCUT2D eigenvalue weighted by Gasteiger charge is -2.22. The molecule has 0 aliphatic carbocycles. The molecule has 2 N–H and O–H groups in total. The Morgan fingerprint density at radius 1 is 1.19 bits per heavy atom. The smallest absolute Gasteiger partial charge is 0.344 e. The molecule has 0 spiro atoms. The first kappa shape index (κ1) is 20.5. The van der Waals surface area contributed by atoms with Gasteiger partial charge in [-0.2, -0.15) is 0 Å². The van der Waals surface area contributed by atoms with Gasteiger partial charge in [-0.1, -0.05) is 24.3 Å². The van der Waals surface area contributed by atoms with Crippen molar-refractivity contribution in [2.24, 2.45) is 5.73 Å². The van der Waals surface area contributed by atoms with E-state index in [2.05, 4.69) is 0 Å². The highest BCUT2D eigenvalue weighted by molar-refractivity contribution is 5.88. The second-order valence-electron chi connectivity index (χ2n) is 7.29. The van der Waals surface area contributed by atoms with Gasteiger partial charge >= 0.3 is 5.63 Å².